The third kappa shape index (κ3) is 3.83. The third-order valence-electron chi connectivity index (χ3n) is 5.39. The zero-order valence-corrected chi connectivity index (χ0v) is 15.6. The largest absolute Gasteiger partial charge is 0.396 e. The van der Waals surface area contributed by atoms with Gasteiger partial charge in [-0.05, 0) is 31.9 Å². The standard InChI is InChI=1S/C19H23F3N4O2/c1-2-26-14-7-4-3-6-13(14)25-15(26)8-11-23-16(27)17(28)24-12-18(9-5-10-18)19(20,21)22/h3-4,6-7H,2,5,8-12H2,1H3,(H,23,27)(H,24,28). The lowest BCUT2D eigenvalue weighted by molar-refractivity contribution is -0.248. The zero-order valence-electron chi connectivity index (χ0n) is 15.6. The number of fused-ring (bicyclic) bond motifs is 1. The van der Waals surface area contributed by atoms with Crippen molar-refractivity contribution in [2.45, 2.75) is 45.3 Å². The summed E-state index contributed by atoms with van der Waals surface area (Å²) in [6.07, 6.45) is -3.54. The van der Waals surface area contributed by atoms with Crippen LogP contribution >= 0.6 is 0 Å². The van der Waals surface area contributed by atoms with Crippen LogP contribution in [0.5, 0.6) is 0 Å². The summed E-state index contributed by atoms with van der Waals surface area (Å²) in [4.78, 5) is 28.3. The number of imidazole rings is 1. The van der Waals surface area contributed by atoms with Crippen molar-refractivity contribution < 1.29 is 22.8 Å². The van der Waals surface area contributed by atoms with Gasteiger partial charge in [-0.25, -0.2) is 4.98 Å². The minimum absolute atomic E-state index is 0.0222. The van der Waals surface area contributed by atoms with Crippen LogP contribution in [0.3, 0.4) is 0 Å². The Hall–Kier alpha value is -2.58. The average Bonchev–Trinajstić information content (AvgIpc) is 2.96. The molecule has 2 aromatic rings. The number of hydrogen-bond acceptors (Lipinski definition) is 3. The summed E-state index contributed by atoms with van der Waals surface area (Å²) in [5, 5.41) is 4.58. The molecule has 28 heavy (non-hydrogen) atoms. The van der Waals surface area contributed by atoms with Gasteiger partial charge in [0.2, 0.25) is 0 Å². The molecule has 1 heterocycles. The maximum absolute atomic E-state index is 13.1. The predicted molar refractivity (Wildman–Crippen MR) is 97.5 cm³/mol. The van der Waals surface area contributed by atoms with E-state index in [4.69, 9.17) is 0 Å². The molecule has 1 aliphatic rings. The second-order valence-corrected chi connectivity index (χ2v) is 7.08. The molecule has 0 atom stereocenters. The first-order chi connectivity index (χ1) is 13.3. The van der Waals surface area contributed by atoms with Gasteiger partial charge in [0, 0.05) is 26.1 Å². The second kappa shape index (κ2) is 7.81. The minimum Gasteiger partial charge on any atom is -0.347 e. The molecular weight excluding hydrogens is 373 g/mol. The van der Waals surface area contributed by atoms with Crippen LogP contribution in [0.2, 0.25) is 0 Å². The van der Waals surface area contributed by atoms with E-state index in [1.165, 1.54) is 0 Å². The van der Waals surface area contributed by atoms with Crippen LogP contribution in [-0.4, -0.2) is 40.6 Å². The number of aromatic nitrogens is 2. The number of carbonyl (C=O) groups excluding carboxylic acids is 2. The van der Waals surface area contributed by atoms with Gasteiger partial charge < -0.3 is 15.2 Å². The first-order valence-corrected chi connectivity index (χ1v) is 9.34. The SMILES string of the molecule is CCn1c(CCNC(=O)C(=O)NCC2(C(F)(F)F)CCC2)nc2ccccc21. The van der Waals surface area contributed by atoms with Crippen LogP contribution < -0.4 is 10.6 Å². The monoisotopic (exact) mass is 396 g/mol. The smallest absolute Gasteiger partial charge is 0.347 e. The molecule has 3 rings (SSSR count). The number of hydrogen-bond donors (Lipinski definition) is 2. The Labute approximate surface area is 160 Å². The highest BCUT2D eigenvalue weighted by atomic mass is 19.4. The summed E-state index contributed by atoms with van der Waals surface area (Å²) >= 11 is 0. The maximum Gasteiger partial charge on any atom is 0.396 e. The first-order valence-electron chi connectivity index (χ1n) is 9.34. The fraction of sp³-hybridized carbons (Fsp3) is 0.526. The van der Waals surface area contributed by atoms with Crippen LogP contribution in [0.25, 0.3) is 11.0 Å². The molecule has 0 unspecified atom stereocenters. The number of carbonyl (C=O) groups is 2. The van der Waals surface area contributed by atoms with Gasteiger partial charge >= 0.3 is 18.0 Å². The van der Waals surface area contributed by atoms with Gasteiger partial charge in [0.15, 0.2) is 0 Å². The Morgan fingerprint density at radius 3 is 2.46 bits per heavy atom. The first kappa shape index (κ1) is 20.2. The Kier molecular flexibility index (Phi) is 5.62. The van der Waals surface area contributed by atoms with E-state index in [1.54, 1.807) is 0 Å². The van der Waals surface area contributed by atoms with E-state index in [0.717, 1.165) is 16.9 Å². The molecule has 0 spiro atoms. The van der Waals surface area contributed by atoms with Gasteiger partial charge in [0.05, 0.1) is 16.4 Å². The number of para-hydroxylation sites is 2. The summed E-state index contributed by atoms with van der Waals surface area (Å²) in [6.45, 7) is 2.30. The van der Waals surface area contributed by atoms with Crippen LogP contribution in [0.4, 0.5) is 13.2 Å². The number of nitrogens with zero attached hydrogens (tertiary/aromatic N) is 2. The van der Waals surface area contributed by atoms with E-state index in [1.807, 2.05) is 35.8 Å². The molecule has 1 fully saturated rings. The van der Waals surface area contributed by atoms with Crippen LogP contribution in [-0.2, 0) is 22.6 Å². The van der Waals surface area contributed by atoms with Crippen molar-refractivity contribution in [2.75, 3.05) is 13.1 Å². The van der Waals surface area contributed by atoms with E-state index < -0.39 is 30.0 Å². The third-order valence-corrected chi connectivity index (χ3v) is 5.39. The van der Waals surface area contributed by atoms with Crippen LogP contribution in [0.15, 0.2) is 24.3 Å². The summed E-state index contributed by atoms with van der Waals surface area (Å²) in [6, 6.07) is 7.66. The average molecular weight is 396 g/mol. The highest BCUT2D eigenvalue weighted by molar-refractivity contribution is 6.35. The topological polar surface area (TPSA) is 76.0 Å². The van der Waals surface area contributed by atoms with E-state index in [-0.39, 0.29) is 19.4 Å². The van der Waals surface area contributed by atoms with Crippen LogP contribution in [0.1, 0.15) is 32.0 Å². The number of alkyl halides is 3. The zero-order chi connectivity index (χ0) is 20.4. The normalized spacial score (nSPS) is 15.9. The number of rotatable bonds is 6. The van der Waals surface area contributed by atoms with Crippen molar-refractivity contribution in [1.29, 1.82) is 0 Å². The molecule has 9 heteroatoms. The number of nitrogens with one attached hydrogen (secondary N) is 2. The van der Waals surface area contributed by atoms with Gasteiger partial charge in [-0.2, -0.15) is 13.2 Å². The Morgan fingerprint density at radius 2 is 1.86 bits per heavy atom. The van der Waals surface area contributed by atoms with Crippen molar-refractivity contribution >= 4 is 22.8 Å². The van der Waals surface area contributed by atoms with Crippen molar-refractivity contribution in [1.82, 2.24) is 20.2 Å². The van der Waals surface area contributed by atoms with Crippen LogP contribution in [0, 0.1) is 5.41 Å². The summed E-state index contributed by atoms with van der Waals surface area (Å²) in [5.41, 5.74) is -0.0575. The molecule has 2 N–H and O–H groups in total. The minimum atomic E-state index is -4.38. The molecule has 0 bridgehead atoms. The Balaban J connectivity index is 1.51. The van der Waals surface area contributed by atoms with Crippen molar-refractivity contribution in [2.24, 2.45) is 5.41 Å². The molecule has 1 aromatic carbocycles. The molecule has 0 saturated heterocycles. The number of amides is 2. The number of aryl methyl sites for hydroxylation is 1. The number of benzene rings is 1. The van der Waals surface area contributed by atoms with Gasteiger partial charge in [-0.15, -0.1) is 0 Å². The van der Waals surface area contributed by atoms with Gasteiger partial charge in [-0.1, -0.05) is 18.6 Å². The molecule has 1 aliphatic carbocycles. The number of halogens is 3. The van der Waals surface area contributed by atoms with Crippen molar-refractivity contribution in [3.8, 4) is 0 Å². The second-order valence-electron chi connectivity index (χ2n) is 7.08. The highest BCUT2D eigenvalue weighted by Gasteiger charge is 2.58. The van der Waals surface area contributed by atoms with E-state index >= 15 is 0 Å². The van der Waals surface area contributed by atoms with Crippen molar-refractivity contribution in [3.63, 3.8) is 0 Å². The van der Waals surface area contributed by atoms with Gasteiger partial charge in [-0.3, -0.25) is 9.59 Å². The fourth-order valence-electron chi connectivity index (χ4n) is 3.53. The Morgan fingerprint density at radius 1 is 1.18 bits per heavy atom. The molecule has 152 valence electrons. The summed E-state index contributed by atoms with van der Waals surface area (Å²) < 4.78 is 41.3. The molecule has 2 amide bonds. The lowest BCUT2D eigenvalue weighted by Gasteiger charge is -2.43. The van der Waals surface area contributed by atoms with Gasteiger partial charge in [0.25, 0.3) is 0 Å². The highest BCUT2D eigenvalue weighted by Crippen LogP contribution is 2.52. The van der Waals surface area contributed by atoms with E-state index in [9.17, 15) is 22.8 Å². The van der Waals surface area contributed by atoms with E-state index in [0.29, 0.717) is 19.4 Å². The summed E-state index contributed by atoms with van der Waals surface area (Å²) in [7, 11) is 0. The summed E-state index contributed by atoms with van der Waals surface area (Å²) in [5.74, 6) is -1.20. The van der Waals surface area contributed by atoms with E-state index in [2.05, 4.69) is 15.6 Å². The molecule has 0 radical (unpaired) electrons. The quantitative estimate of drug-likeness (QED) is 0.737. The molecule has 1 saturated carbocycles. The lowest BCUT2D eigenvalue weighted by Crippen LogP contribution is -2.53. The molecular formula is C19H23F3N4O2. The fourth-order valence-corrected chi connectivity index (χ4v) is 3.53. The molecule has 0 aliphatic heterocycles. The molecule has 1 aromatic heterocycles. The lowest BCUT2D eigenvalue weighted by atomic mass is 9.68. The molecule has 6 nitrogen and oxygen atoms in total. The predicted octanol–water partition coefficient (Wildman–Crippen LogP) is 2.56. The van der Waals surface area contributed by atoms with Crippen molar-refractivity contribution in [3.05, 3.63) is 30.1 Å². The van der Waals surface area contributed by atoms with Gasteiger partial charge in [0.1, 0.15) is 5.82 Å². The Bertz CT molecular complexity index is 872. The maximum atomic E-state index is 13.1.